The molecular formula is C29H28N4O5. The molecule has 0 atom stereocenters. The van der Waals surface area contributed by atoms with Crippen molar-refractivity contribution >= 4 is 17.7 Å². The van der Waals surface area contributed by atoms with Crippen molar-refractivity contribution < 1.29 is 23.8 Å². The number of nitrogens with zero attached hydrogens (tertiary/aromatic N) is 4. The summed E-state index contributed by atoms with van der Waals surface area (Å²) in [5, 5.41) is 18.3. The number of aromatic nitrogens is 1. The Bertz CT molecular complexity index is 1410. The van der Waals surface area contributed by atoms with Gasteiger partial charge in [0, 0.05) is 17.4 Å². The Balaban J connectivity index is 2.01. The summed E-state index contributed by atoms with van der Waals surface area (Å²) in [4.78, 5) is 31.4. The van der Waals surface area contributed by atoms with Crippen LogP contribution in [0, 0.1) is 29.6 Å². The summed E-state index contributed by atoms with van der Waals surface area (Å²) in [5.74, 6) is -0.461. The molecule has 0 aliphatic rings. The Morgan fingerprint density at radius 1 is 1.03 bits per heavy atom. The number of ether oxygens (including phenoxy) is 3. The Kier molecular flexibility index (Phi) is 8.67. The highest BCUT2D eigenvalue weighted by molar-refractivity contribution is 5.91. The van der Waals surface area contributed by atoms with Crippen LogP contribution in [0.1, 0.15) is 59.1 Å². The highest BCUT2D eigenvalue weighted by atomic mass is 16.6. The number of anilines is 1. The normalized spacial score (nSPS) is 10.6. The van der Waals surface area contributed by atoms with Crippen LogP contribution in [0.4, 0.5) is 10.5 Å². The van der Waals surface area contributed by atoms with Crippen LogP contribution in [0.15, 0.2) is 54.7 Å². The van der Waals surface area contributed by atoms with Crippen LogP contribution in [0.25, 0.3) is 0 Å². The van der Waals surface area contributed by atoms with Gasteiger partial charge in [-0.2, -0.15) is 10.5 Å². The maximum atomic E-state index is 13.2. The Labute approximate surface area is 221 Å². The summed E-state index contributed by atoms with van der Waals surface area (Å²) < 4.78 is 16.6. The first-order valence-electron chi connectivity index (χ1n) is 11.8. The van der Waals surface area contributed by atoms with E-state index in [-0.39, 0.29) is 24.6 Å². The van der Waals surface area contributed by atoms with Gasteiger partial charge in [-0.15, -0.1) is 0 Å². The number of benzene rings is 2. The predicted octanol–water partition coefficient (Wildman–Crippen LogP) is 5.44. The van der Waals surface area contributed by atoms with E-state index in [1.807, 2.05) is 0 Å². The van der Waals surface area contributed by atoms with Gasteiger partial charge in [0.2, 0.25) is 0 Å². The number of hydrogen-bond acceptors (Lipinski definition) is 8. The van der Waals surface area contributed by atoms with Crippen molar-refractivity contribution in [3.8, 4) is 17.9 Å². The minimum absolute atomic E-state index is 0.00706. The molecule has 0 bridgehead atoms. The van der Waals surface area contributed by atoms with Crippen LogP contribution in [-0.2, 0) is 22.6 Å². The zero-order chi connectivity index (χ0) is 27.9. The summed E-state index contributed by atoms with van der Waals surface area (Å²) in [7, 11) is 1.25. The molecule has 0 unspecified atom stereocenters. The summed E-state index contributed by atoms with van der Waals surface area (Å²) in [6.07, 6.45) is 0.903. The first-order chi connectivity index (χ1) is 18.1. The fourth-order valence-electron chi connectivity index (χ4n) is 3.55. The fraction of sp³-hybridized carbons (Fsp3) is 0.276. The Hall–Kier alpha value is -4.89. The Morgan fingerprint density at radius 2 is 1.71 bits per heavy atom. The standard InChI is InChI=1S/C29H28N4O5/c1-19-23(17-33(28(35)38-29(2,3)4)24-11-9-20(14-30)10-12-24)16-32-25(27(34)36-5)26(19)37-18-22-8-6-7-21(13-22)15-31/h6-13,16H,17-18H2,1-5H3. The van der Waals surface area contributed by atoms with Gasteiger partial charge in [0.05, 0.1) is 36.9 Å². The van der Waals surface area contributed by atoms with Gasteiger partial charge in [0.25, 0.3) is 0 Å². The van der Waals surface area contributed by atoms with Crippen LogP contribution in [0.5, 0.6) is 5.75 Å². The average molecular weight is 513 g/mol. The molecular weight excluding hydrogens is 484 g/mol. The van der Waals surface area contributed by atoms with Crippen molar-refractivity contribution in [3.63, 3.8) is 0 Å². The lowest BCUT2D eigenvalue weighted by Gasteiger charge is -2.28. The van der Waals surface area contributed by atoms with Crippen molar-refractivity contribution in [1.29, 1.82) is 10.5 Å². The van der Waals surface area contributed by atoms with E-state index in [4.69, 9.17) is 19.5 Å². The molecule has 0 fully saturated rings. The van der Waals surface area contributed by atoms with E-state index in [1.54, 1.807) is 76.2 Å². The quantitative estimate of drug-likeness (QED) is 0.383. The van der Waals surface area contributed by atoms with Gasteiger partial charge in [0.15, 0.2) is 11.4 Å². The summed E-state index contributed by atoms with van der Waals surface area (Å²) in [6, 6.07) is 17.6. The maximum absolute atomic E-state index is 13.2. The summed E-state index contributed by atoms with van der Waals surface area (Å²) in [5.41, 5.74) is 2.63. The number of nitriles is 2. The van der Waals surface area contributed by atoms with Gasteiger partial charge in [-0.05, 0) is 75.2 Å². The zero-order valence-electron chi connectivity index (χ0n) is 21.9. The van der Waals surface area contributed by atoms with Crippen LogP contribution in [0.3, 0.4) is 0 Å². The second kappa shape index (κ2) is 11.9. The number of rotatable bonds is 7. The molecule has 0 saturated heterocycles. The topological polar surface area (TPSA) is 126 Å². The van der Waals surface area contributed by atoms with Gasteiger partial charge in [-0.3, -0.25) is 4.90 Å². The van der Waals surface area contributed by atoms with Gasteiger partial charge in [0.1, 0.15) is 12.2 Å². The van der Waals surface area contributed by atoms with Crippen molar-refractivity contribution in [1.82, 2.24) is 4.98 Å². The molecule has 3 rings (SSSR count). The average Bonchev–Trinajstić information content (AvgIpc) is 2.90. The lowest BCUT2D eigenvalue weighted by molar-refractivity contribution is 0.0569. The van der Waals surface area contributed by atoms with Gasteiger partial charge >= 0.3 is 12.1 Å². The third-order valence-electron chi connectivity index (χ3n) is 5.46. The van der Waals surface area contributed by atoms with Crippen molar-refractivity contribution in [3.05, 3.63) is 88.2 Å². The molecule has 0 aliphatic heterocycles. The van der Waals surface area contributed by atoms with Crippen molar-refractivity contribution in [2.24, 2.45) is 0 Å². The van der Waals surface area contributed by atoms with Gasteiger partial charge in [-0.25, -0.2) is 14.6 Å². The van der Waals surface area contributed by atoms with E-state index in [2.05, 4.69) is 17.1 Å². The highest BCUT2D eigenvalue weighted by Crippen LogP contribution is 2.29. The minimum atomic E-state index is -0.740. The molecule has 2 aromatic carbocycles. The lowest BCUT2D eigenvalue weighted by Crippen LogP contribution is -2.36. The fourth-order valence-corrected chi connectivity index (χ4v) is 3.55. The number of pyridine rings is 1. The number of carbonyl (C=O) groups is 2. The maximum Gasteiger partial charge on any atom is 0.415 e. The molecule has 38 heavy (non-hydrogen) atoms. The van der Waals surface area contributed by atoms with Crippen LogP contribution in [0.2, 0.25) is 0 Å². The van der Waals surface area contributed by atoms with Crippen molar-refractivity contribution in [2.45, 2.75) is 46.4 Å². The molecule has 0 N–H and O–H groups in total. The van der Waals surface area contributed by atoms with E-state index in [0.29, 0.717) is 27.9 Å². The van der Waals surface area contributed by atoms with Gasteiger partial charge in [-0.1, -0.05) is 12.1 Å². The predicted molar refractivity (Wildman–Crippen MR) is 139 cm³/mol. The molecule has 0 aliphatic carbocycles. The van der Waals surface area contributed by atoms with E-state index in [9.17, 15) is 14.9 Å². The molecule has 9 heteroatoms. The lowest BCUT2D eigenvalue weighted by atomic mass is 10.1. The minimum Gasteiger partial charge on any atom is -0.486 e. The molecule has 1 aromatic heterocycles. The van der Waals surface area contributed by atoms with E-state index in [1.165, 1.54) is 18.2 Å². The monoisotopic (exact) mass is 512 g/mol. The first-order valence-corrected chi connectivity index (χ1v) is 11.8. The SMILES string of the molecule is COC(=O)c1ncc(CN(C(=O)OC(C)(C)C)c2ccc(C#N)cc2)c(C)c1OCc1cccc(C#N)c1. The number of esters is 1. The molecule has 0 spiro atoms. The highest BCUT2D eigenvalue weighted by Gasteiger charge is 2.26. The second-order valence-electron chi connectivity index (χ2n) is 9.40. The van der Waals surface area contributed by atoms with Crippen LogP contribution < -0.4 is 9.64 Å². The first kappa shape index (κ1) is 27.7. The van der Waals surface area contributed by atoms with Crippen LogP contribution in [-0.4, -0.2) is 29.8 Å². The smallest absolute Gasteiger partial charge is 0.415 e. The zero-order valence-corrected chi connectivity index (χ0v) is 21.9. The second-order valence-corrected chi connectivity index (χ2v) is 9.40. The van der Waals surface area contributed by atoms with E-state index in [0.717, 1.165) is 5.56 Å². The number of amides is 1. The molecule has 3 aromatic rings. The number of methoxy groups -OCH3 is 1. The van der Waals surface area contributed by atoms with Crippen LogP contribution >= 0.6 is 0 Å². The summed E-state index contributed by atoms with van der Waals surface area (Å²) >= 11 is 0. The third-order valence-corrected chi connectivity index (χ3v) is 5.46. The third kappa shape index (κ3) is 6.86. The van der Waals surface area contributed by atoms with E-state index >= 15 is 0 Å². The largest absolute Gasteiger partial charge is 0.486 e. The molecule has 0 saturated carbocycles. The molecule has 1 amide bonds. The molecule has 194 valence electrons. The Morgan fingerprint density at radius 3 is 2.32 bits per heavy atom. The van der Waals surface area contributed by atoms with Gasteiger partial charge < -0.3 is 14.2 Å². The van der Waals surface area contributed by atoms with E-state index < -0.39 is 17.7 Å². The summed E-state index contributed by atoms with van der Waals surface area (Å²) in [6.45, 7) is 7.21. The number of carbonyl (C=O) groups excluding carboxylic acids is 2. The molecule has 9 nitrogen and oxygen atoms in total. The number of hydrogen-bond donors (Lipinski definition) is 0. The molecule has 1 heterocycles. The van der Waals surface area contributed by atoms with Crippen molar-refractivity contribution in [2.75, 3.05) is 12.0 Å². The molecule has 0 radical (unpaired) electrons.